The Morgan fingerprint density at radius 1 is 0.974 bits per heavy atom. The number of carboxylic acids is 1. The van der Waals surface area contributed by atoms with Crippen molar-refractivity contribution in [1.82, 2.24) is 4.90 Å². The van der Waals surface area contributed by atoms with Crippen molar-refractivity contribution in [2.24, 2.45) is 0 Å². The second kappa shape index (κ2) is 12.5. The van der Waals surface area contributed by atoms with E-state index in [9.17, 15) is 14.7 Å². The van der Waals surface area contributed by atoms with Crippen LogP contribution in [0.25, 0.3) is 0 Å². The van der Waals surface area contributed by atoms with E-state index in [2.05, 4.69) is 10.2 Å². The molecule has 2 aromatic rings. The van der Waals surface area contributed by atoms with E-state index >= 15 is 0 Å². The summed E-state index contributed by atoms with van der Waals surface area (Å²) < 4.78 is 24.7. The Kier molecular flexibility index (Phi) is 8.91. The van der Waals surface area contributed by atoms with E-state index in [1.807, 2.05) is 36.4 Å². The van der Waals surface area contributed by atoms with Crippen LogP contribution in [0, 0.1) is 0 Å². The average Bonchev–Trinajstić information content (AvgIpc) is 3.41. The number of piperidine rings is 1. The minimum atomic E-state index is -1.01. The van der Waals surface area contributed by atoms with Crippen molar-refractivity contribution in [3.05, 3.63) is 65.2 Å². The molecule has 3 aliphatic heterocycles. The summed E-state index contributed by atoms with van der Waals surface area (Å²) in [7, 11) is 0. The lowest BCUT2D eigenvalue weighted by Gasteiger charge is -2.41. The molecule has 1 amide bonds. The number of aliphatic hydroxyl groups excluding tert-OH is 1. The van der Waals surface area contributed by atoms with Gasteiger partial charge in [0.05, 0.1) is 38.4 Å². The number of carboxylic acid groups (broad SMARTS) is 1. The van der Waals surface area contributed by atoms with E-state index in [0.717, 1.165) is 49.2 Å². The van der Waals surface area contributed by atoms with Crippen molar-refractivity contribution in [3.8, 4) is 0 Å². The standard InChI is InChI=1S/C29H36N2O8/c32-19-20-4-6-21(7-5-20)25-17-24(18-31-12-10-29(11-13-31)36-14-15-37-29)38-28(39-25)22-2-1-3-23(16-22)30-26(33)8-9-27(34)35/h1-7,16,24-25,28,32H,8-15,17-19H2,(H,30,33)(H,34,35)/t24-,25+,28+/m0/s1. The Bertz CT molecular complexity index is 1120. The number of nitrogens with one attached hydrogen (secondary N) is 1. The second-order valence-electron chi connectivity index (χ2n) is 10.3. The molecule has 3 fully saturated rings. The summed E-state index contributed by atoms with van der Waals surface area (Å²) in [5.74, 6) is -1.81. The molecule has 0 aliphatic carbocycles. The Labute approximate surface area is 227 Å². The van der Waals surface area contributed by atoms with Crippen LogP contribution in [0.4, 0.5) is 5.69 Å². The van der Waals surface area contributed by atoms with Crippen LogP contribution < -0.4 is 5.32 Å². The van der Waals surface area contributed by atoms with E-state index in [-0.39, 0.29) is 37.6 Å². The predicted molar refractivity (Wildman–Crippen MR) is 141 cm³/mol. The van der Waals surface area contributed by atoms with Gasteiger partial charge in [0.1, 0.15) is 0 Å². The molecule has 10 nitrogen and oxygen atoms in total. The predicted octanol–water partition coefficient (Wildman–Crippen LogP) is 3.37. The number of rotatable bonds is 9. The van der Waals surface area contributed by atoms with Gasteiger partial charge in [-0.15, -0.1) is 0 Å². The number of aliphatic carboxylic acids is 1. The number of carbonyl (C=O) groups excluding carboxylic acids is 1. The molecule has 10 heteroatoms. The van der Waals surface area contributed by atoms with Crippen LogP contribution in [0.1, 0.15) is 61.2 Å². The fourth-order valence-electron chi connectivity index (χ4n) is 5.39. The van der Waals surface area contributed by atoms with Crippen molar-refractivity contribution < 1.29 is 38.7 Å². The van der Waals surface area contributed by atoms with Crippen molar-refractivity contribution >= 4 is 17.6 Å². The van der Waals surface area contributed by atoms with Gasteiger partial charge in [-0.1, -0.05) is 36.4 Å². The van der Waals surface area contributed by atoms with E-state index in [0.29, 0.717) is 25.3 Å². The van der Waals surface area contributed by atoms with Crippen LogP contribution >= 0.6 is 0 Å². The molecule has 0 saturated carbocycles. The number of amides is 1. The molecular formula is C29H36N2O8. The highest BCUT2D eigenvalue weighted by molar-refractivity contribution is 5.92. The number of benzene rings is 2. The molecule has 0 aromatic heterocycles. The van der Waals surface area contributed by atoms with Crippen LogP contribution in [0.2, 0.25) is 0 Å². The first-order chi connectivity index (χ1) is 18.9. The lowest BCUT2D eigenvalue weighted by Crippen LogP contribution is -2.48. The van der Waals surface area contributed by atoms with E-state index in [1.165, 1.54) is 0 Å². The Morgan fingerprint density at radius 3 is 2.41 bits per heavy atom. The van der Waals surface area contributed by atoms with Gasteiger partial charge >= 0.3 is 5.97 Å². The highest BCUT2D eigenvalue weighted by Gasteiger charge is 2.41. The third-order valence-corrected chi connectivity index (χ3v) is 7.52. The summed E-state index contributed by atoms with van der Waals surface area (Å²) in [5.41, 5.74) is 3.16. The number of hydrogen-bond donors (Lipinski definition) is 3. The number of aliphatic hydroxyl groups is 1. The van der Waals surface area contributed by atoms with Crippen LogP contribution in [0.3, 0.4) is 0 Å². The number of nitrogens with zero attached hydrogens (tertiary/aromatic N) is 1. The zero-order chi connectivity index (χ0) is 27.2. The Morgan fingerprint density at radius 2 is 1.72 bits per heavy atom. The summed E-state index contributed by atoms with van der Waals surface area (Å²) in [6, 6.07) is 15.0. The minimum Gasteiger partial charge on any atom is -0.481 e. The van der Waals surface area contributed by atoms with Crippen LogP contribution in [0.15, 0.2) is 48.5 Å². The molecule has 3 atom stereocenters. The molecule has 3 N–H and O–H groups in total. The molecule has 3 heterocycles. The van der Waals surface area contributed by atoms with Gasteiger partial charge in [-0.05, 0) is 23.3 Å². The van der Waals surface area contributed by atoms with Gasteiger partial charge in [0.15, 0.2) is 12.1 Å². The largest absolute Gasteiger partial charge is 0.481 e. The molecule has 3 saturated heterocycles. The van der Waals surface area contributed by atoms with Gasteiger partial charge in [-0.2, -0.15) is 0 Å². The van der Waals surface area contributed by atoms with E-state index < -0.39 is 18.0 Å². The van der Waals surface area contributed by atoms with Crippen molar-refractivity contribution in [2.75, 3.05) is 38.2 Å². The maximum absolute atomic E-state index is 12.2. The third kappa shape index (κ3) is 7.21. The van der Waals surface area contributed by atoms with Gasteiger partial charge in [0, 0.05) is 56.6 Å². The quantitative estimate of drug-likeness (QED) is 0.439. The van der Waals surface area contributed by atoms with Crippen molar-refractivity contribution in [1.29, 1.82) is 0 Å². The first kappa shape index (κ1) is 27.7. The number of anilines is 1. The Balaban J connectivity index is 1.29. The highest BCUT2D eigenvalue weighted by Crippen LogP contribution is 2.39. The fourth-order valence-corrected chi connectivity index (χ4v) is 5.39. The SMILES string of the molecule is O=C(O)CCC(=O)Nc1cccc([C@@H]2O[C@H](CN3CCC4(CC3)OCCO4)C[C@H](c3ccc(CO)cc3)O2)c1. The molecule has 0 bridgehead atoms. The van der Waals surface area contributed by atoms with E-state index in [1.54, 1.807) is 12.1 Å². The molecule has 1 spiro atoms. The number of ether oxygens (including phenoxy) is 4. The summed E-state index contributed by atoms with van der Waals surface area (Å²) in [6.45, 7) is 3.75. The Hall–Kier alpha value is -2.86. The fraction of sp³-hybridized carbons (Fsp3) is 0.517. The third-order valence-electron chi connectivity index (χ3n) is 7.52. The highest BCUT2D eigenvalue weighted by atomic mass is 16.7. The maximum Gasteiger partial charge on any atom is 0.303 e. The van der Waals surface area contributed by atoms with Gasteiger partial charge in [0.25, 0.3) is 0 Å². The number of carbonyl (C=O) groups is 2. The summed E-state index contributed by atoms with van der Waals surface area (Å²) in [5, 5.41) is 21.1. The normalized spacial score (nSPS) is 25.0. The lowest BCUT2D eigenvalue weighted by atomic mass is 9.98. The molecule has 39 heavy (non-hydrogen) atoms. The minimum absolute atomic E-state index is 0.0188. The van der Waals surface area contributed by atoms with Gasteiger partial charge < -0.3 is 39.4 Å². The molecular weight excluding hydrogens is 504 g/mol. The maximum atomic E-state index is 12.2. The van der Waals surface area contributed by atoms with Gasteiger partial charge in [-0.3, -0.25) is 9.59 Å². The molecule has 0 unspecified atom stereocenters. The molecule has 2 aromatic carbocycles. The monoisotopic (exact) mass is 540 g/mol. The first-order valence-corrected chi connectivity index (χ1v) is 13.5. The lowest BCUT2D eigenvalue weighted by molar-refractivity contribution is -0.255. The van der Waals surface area contributed by atoms with Crippen molar-refractivity contribution in [2.45, 2.75) is 63.0 Å². The average molecular weight is 541 g/mol. The van der Waals surface area contributed by atoms with Crippen LogP contribution in [-0.2, 0) is 35.1 Å². The zero-order valence-corrected chi connectivity index (χ0v) is 21.9. The first-order valence-electron chi connectivity index (χ1n) is 13.5. The summed E-state index contributed by atoms with van der Waals surface area (Å²) >= 11 is 0. The molecule has 5 rings (SSSR count). The van der Waals surface area contributed by atoms with Crippen LogP contribution in [0.5, 0.6) is 0 Å². The zero-order valence-electron chi connectivity index (χ0n) is 21.9. The number of likely N-dealkylation sites (tertiary alicyclic amines) is 1. The second-order valence-corrected chi connectivity index (χ2v) is 10.3. The van der Waals surface area contributed by atoms with Crippen LogP contribution in [-0.4, -0.2) is 71.7 Å². The van der Waals surface area contributed by atoms with Gasteiger partial charge in [0.2, 0.25) is 5.91 Å². The summed E-state index contributed by atoms with van der Waals surface area (Å²) in [4.78, 5) is 25.4. The number of hydrogen-bond acceptors (Lipinski definition) is 8. The summed E-state index contributed by atoms with van der Waals surface area (Å²) in [6.07, 6.45) is 1.04. The molecule has 210 valence electrons. The molecule has 3 aliphatic rings. The van der Waals surface area contributed by atoms with Gasteiger partial charge in [-0.25, -0.2) is 0 Å². The smallest absolute Gasteiger partial charge is 0.303 e. The topological polar surface area (TPSA) is 127 Å². The van der Waals surface area contributed by atoms with E-state index in [4.69, 9.17) is 24.1 Å². The molecule has 0 radical (unpaired) electrons. The van der Waals surface area contributed by atoms with Crippen molar-refractivity contribution in [3.63, 3.8) is 0 Å².